The second kappa shape index (κ2) is 3.21. The summed E-state index contributed by atoms with van der Waals surface area (Å²) in [5.41, 5.74) is 3.13. The zero-order chi connectivity index (χ0) is 10.3. The summed E-state index contributed by atoms with van der Waals surface area (Å²) in [6.07, 6.45) is 2.21. The molecule has 0 amide bonds. The van der Waals surface area contributed by atoms with Crippen molar-refractivity contribution in [3.05, 3.63) is 36.0 Å². The molecule has 3 rings (SSSR count). The van der Waals surface area contributed by atoms with Crippen LogP contribution in [0, 0.1) is 0 Å². The molecule has 3 nitrogen and oxygen atoms in total. The molecule has 1 aliphatic rings. The first-order valence-corrected chi connectivity index (χ1v) is 5.07. The third-order valence-electron chi connectivity index (χ3n) is 2.77. The highest BCUT2D eigenvalue weighted by atomic mass is 16.5. The van der Waals surface area contributed by atoms with Gasteiger partial charge in [0, 0.05) is 18.5 Å². The van der Waals surface area contributed by atoms with Crippen LogP contribution in [-0.4, -0.2) is 30.2 Å². The molecule has 76 valence electrons. The van der Waals surface area contributed by atoms with Gasteiger partial charge in [0.05, 0.1) is 0 Å². The summed E-state index contributed by atoms with van der Waals surface area (Å²) < 4.78 is 5.29. The van der Waals surface area contributed by atoms with E-state index in [0.29, 0.717) is 0 Å². The molecule has 0 fully saturated rings. The minimum absolute atomic E-state index is 0.864. The predicted octanol–water partition coefficient (Wildman–Crippen LogP) is 2.16. The Kier molecular flexibility index (Phi) is 1.86. The number of rotatable bonds is 1. The van der Waals surface area contributed by atoms with Crippen LogP contribution in [0.15, 0.2) is 34.9 Å². The van der Waals surface area contributed by atoms with Crippen molar-refractivity contribution in [1.82, 2.24) is 10.1 Å². The Morgan fingerprint density at radius 1 is 1.33 bits per heavy atom. The average Bonchev–Trinajstić information content (AvgIpc) is 2.83. The fourth-order valence-corrected chi connectivity index (χ4v) is 1.97. The van der Waals surface area contributed by atoms with Crippen molar-refractivity contribution in [3.8, 4) is 0 Å². The Morgan fingerprint density at radius 3 is 3.00 bits per heavy atom. The monoisotopic (exact) mass is 200 g/mol. The van der Waals surface area contributed by atoms with Gasteiger partial charge in [-0.25, -0.2) is 0 Å². The number of likely N-dealkylation sites (N-methyl/N-ethyl adjacent to an activating group) is 1. The summed E-state index contributed by atoms with van der Waals surface area (Å²) in [5, 5.41) is 5.25. The third kappa shape index (κ3) is 1.36. The van der Waals surface area contributed by atoms with Crippen LogP contribution in [0.25, 0.3) is 16.5 Å². The lowest BCUT2D eigenvalue weighted by molar-refractivity contribution is 0.434. The van der Waals surface area contributed by atoms with Crippen molar-refractivity contribution in [1.29, 1.82) is 0 Å². The van der Waals surface area contributed by atoms with E-state index in [2.05, 4.69) is 29.2 Å². The molecule has 2 aromatic rings. The zero-order valence-electron chi connectivity index (χ0n) is 8.60. The summed E-state index contributed by atoms with van der Waals surface area (Å²) in [7, 11) is 2.10. The third-order valence-corrected chi connectivity index (χ3v) is 2.77. The van der Waals surface area contributed by atoms with Crippen LogP contribution in [0.3, 0.4) is 0 Å². The highest BCUT2D eigenvalue weighted by Gasteiger charge is 2.17. The molecule has 0 saturated carbocycles. The molecular weight excluding hydrogens is 188 g/mol. The van der Waals surface area contributed by atoms with Crippen LogP contribution in [-0.2, 0) is 0 Å². The van der Waals surface area contributed by atoms with E-state index in [1.54, 1.807) is 0 Å². The molecule has 1 aliphatic heterocycles. The second-order valence-electron chi connectivity index (χ2n) is 3.95. The van der Waals surface area contributed by atoms with Crippen molar-refractivity contribution in [2.75, 3.05) is 20.1 Å². The summed E-state index contributed by atoms with van der Waals surface area (Å²) >= 11 is 0. The minimum Gasteiger partial charge on any atom is -0.356 e. The van der Waals surface area contributed by atoms with Crippen LogP contribution < -0.4 is 0 Å². The molecular formula is C12H12N2O. The van der Waals surface area contributed by atoms with Gasteiger partial charge in [-0.05, 0) is 24.8 Å². The smallest absolute Gasteiger partial charge is 0.167 e. The van der Waals surface area contributed by atoms with Crippen molar-refractivity contribution in [2.45, 2.75) is 0 Å². The Bertz CT molecular complexity index is 527. The van der Waals surface area contributed by atoms with Gasteiger partial charge in [0.1, 0.15) is 5.69 Å². The molecule has 0 spiro atoms. The maximum atomic E-state index is 5.29. The van der Waals surface area contributed by atoms with Crippen molar-refractivity contribution in [2.24, 2.45) is 0 Å². The normalized spacial score (nSPS) is 17.3. The number of hydrogen-bond donors (Lipinski definition) is 0. The number of aromatic nitrogens is 1. The summed E-state index contributed by atoms with van der Waals surface area (Å²) in [5.74, 6) is 0. The van der Waals surface area contributed by atoms with E-state index < -0.39 is 0 Å². The van der Waals surface area contributed by atoms with Gasteiger partial charge in [-0.2, -0.15) is 0 Å². The maximum absolute atomic E-state index is 5.29. The van der Waals surface area contributed by atoms with Gasteiger partial charge in [0.15, 0.2) is 5.58 Å². The van der Waals surface area contributed by atoms with Gasteiger partial charge in [-0.3, -0.25) is 4.90 Å². The quantitative estimate of drug-likeness (QED) is 0.706. The van der Waals surface area contributed by atoms with Gasteiger partial charge in [0.2, 0.25) is 0 Å². The molecule has 0 saturated heterocycles. The van der Waals surface area contributed by atoms with Gasteiger partial charge >= 0.3 is 0 Å². The molecule has 1 aromatic carbocycles. The maximum Gasteiger partial charge on any atom is 0.167 e. The lowest BCUT2D eigenvalue weighted by Crippen LogP contribution is -2.13. The van der Waals surface area contributed by atoms with E-state index in [0.717, 1.165) is 29.8 Å². The van der Waals surface area contributed by atoms with Gasteiger partial charge in [0.25, 0.3) is 0 Å². The van der Waals surface area contributed by atoms with Crippen LogP contribution in [0.4, 0.5) is 0 Å². The van der Waals surface area contributed by atoms with Gasteiger partial charge in [-0.15, -0.1) is 0 Å². The number of benzene rings is 1. The zero-order valence-corrected chi connectivity index (χ0v) is 8.60. The van der Waals surface area contributed by atoms with E-state index in [1.807, 2.05) is 18.2 Å². The molecule has 0 unspecified atom stereocenters. The summed E-state index contributed by atoms with van der Waals surface area (Å²) in [6, 6.07) is 7.99. The Hall–Kier alpha value is -1.61. The number of hydrogen-bond acceptors (Lipinski definition) is 3. The summed E-state index contributed by atoms with van der Waals surface area (Å²) in [4.78, 5) is 2.25. The molecule has 15 heavy (non-hydrogen) atoms. The standard InChI is InChI=1S/C12H12N2O/c1-14-7-6-9(8-14)12-10-4-2-3-5-11(10)15-13-12/h2-6H,7-8H2,1H3. The van der Waals surface area contributed by atoms with E-state index in [4.69, 9.17) is 4.52 Å². The van der Waals surface area contributed by atoms with Crippen molar-refractivity contribution < 1.29 is 4.52 Å². The molecule has 2 heterocycles. The van der Waals surface area contributed by atoms with Crippen LogP contribution in [0.1, 0.15) is 5.69 Å². The fraction of sp³-hybridized carbons (Fsp3) is 0.250. The van der Waals surface area contributed by atoms with Crippen molar-refractivity contribution in [3.63, 3.8) is 0 Å². The molecule has 0 radical (unpaired) electrons. The lowest BCUT2D eigenvalue weighted by Gasteiger charge is -2.05. The highest BCUT2D eigenvalue weighted by molar-refractivity contribution is 5.89. The fourth-order valence-electron chi connectivity index (χ4n) is 1.97. The number of para-hydroxylation sites is 1. The largest absolute Gasteiger partial charge is 0.356 e. The second-order valence-corrected chi connectivity index (χ2v) is 3.95. The topological polar surface area (TPSA) is 29.3 Å². The van der Waals surface area contributed by atoms with Crippen LogP contribution in [0.5, 0.6) is 0 Å². The SMILES string of the molecule is CN1CC=C(c2noc3ccccc23)C1. The Balaban J connectivity index is 2.12. The molecule has 0 aliphatic carbocycles. The molecule has 1 aromatic heterocycles. The average molecular weight is 200 g/mol. The number of fused-ring (bicyclic) bond motifs is 1. The lowest BCUT2D eigenvalue weighted by atomic mass is 10.1. The molecule has 0 N–H and O–H groups in total. The Morgan fingerprint density at radius 2 is 2.20 bits per heavy atom. The predicted molar refractivity (Wildman–Crippen MR) is 59.5 cm³/mol. The van der Waals surface area contributed by atoms with Crippen LogP contribution in [0.2, 0.25) is 0 Å². The first-order chi connectivity index (χ1) is 7.34. The first-order valence-electron chi connectivity index (χ1n) is 5.07. The number of nitrogens with zero attached hydrogens (tertiary/aromatic N) is 2. The van der Waals surface area contributed by atoms with E-state index in [-0.39, 0.29) is 0 Å². The Labute approximate surface area is 88.0 Å². The van der Waals surface area contributed by atoms with Crippen LogP contribution >= 0.6 is 0 Å². The van der Waals surface area contributed by atoms with E-state index in [1.165, 1.54) is 5.57 Å². The summed E-state index contributed by atoms with van der Waals surface area (Å²) in [6.45, 7) is 1.95. The van der Waals surface area contributed by atoms with E-state index >= 15 is 0 Å². The van der Waals surface area contributed by atoms with E-state index in [9.17, 15) is 0 Å². The van der Waals surface area contributed by atoms with Gasteiger partial charge in [-0.1, -0.05) is 23.4 Å². The first kappa shape index (κ1) is 8.68. The molecule has 3 heteroatoms. The minimum atomic E-state index is 0.864. The highest BCUT2D eigenvalue weighted by Crippen LogP contribution is 2.26. The van der Waals surface area contributed by atoms with Gasteiger partial charge < -0.3 is 4.52 Å². The van der Waals surface area contributed by atoms with Crippen molar-refractivity contribution >= 4 is 16.5 Å². The molecule has 0 bridgehead atoms. The molecule has 0 atom stereocenters.